The molecule has 1 aromatic heterocycles. The molecule has 4 rings (SSSR count). The minimum atomic E-state index is -0.878. The van der Waals surface area contributed by atoms with Gasteiger partial charge in [-0.2, -0.15) is 0 Å². The first kappa shape index (κ1) is 7.68. The fraction of sp³-hybridized carbons (Fsp3) is 0.556. The van der Waals surface area contributed by atoms with Crippen LogP contribution in [0, 0.1) is 0 Å². The molecule has 0 amide bonds. The molecule has 0 radical (unpaired) electrons. The van der Waals surface area contributed by atoms with Gasteiger partial charge in [-0.15, -0.1) is 0 Å². The third kappa shape index (κ3) is 0.881. The van der Waals surface area contributed by atoms with Crippen LogP contribution in [0.15, 0.2) is 12.4 Å². The maximum atomic E-state index is 13.2. The Kier molecular flexibility index (Phi) is 1.20. The molecule has 68 valence electrons. The summed E-state index contributed by atoms with van der Waals surface area (Å²) in [4.78, 5) is 7.95. The lowest BCUT2D eigenvalue weighted by Gasteiger charge is -2.65. The van der Waals surface area contributed by atoms with Crippen molar-refractivity contribution in [2.45, 2.75) is 30.3 Å². The SMILES string of the molecule is FC12CC(c3cc(Cl)ncn3)(C1)C2. The fourth-order valence-corrected chi connectivity index (χ4v) is 2.71. The van der Waals surface area contributed by atoms with Crippen LogP contribution in [-0.2, 0) is 5.41 Å². The van der Waals surface area contributed by atoms with Crippen LogP contribution < -0.4 is 0 Å². The first-order chi connectivity index (χ1) is 6.12. The number of rotatable bonds is 1. The van der Waals surface area contributed by atoms with Crippen molar-refractivity contribution in [3.8, 4) is 0 Å². The third-order valence-corrected chi connectivity index (χ3v) is 3.35. The average Bonchev–Trinajstić information content (AvgIpc) is 1.97. The number of halogens is 2. The molecule has 4 heteroatoms. The summed E-state index contributed by atoms with van der Waals surface area (Å²) >= 11 is 5.74. The minimum absolute atomic E-state index is 0.00132. The molecule has 1 aromatic rings. The molecule has 0 unspecified atom stereocenters. The van der Waals surface area contributed by atoms with E-state index in [2.05, 4.69) is 9.97 Å². The number of alkyl halides is 1. The van der Waals surface area contributed by atoms with Crippen molar-refractivity contribution in [3.63, 3.8) is 0 Å². The van der Waals surface area contributed by atoms with E-state index in [9.17, 15) is 4.39 Å². The molecule has 0 spiro atoms. The largest absolute Gasteiger partial charge is 0.244 e. The number of nitrogens with zero attached hydrogens (tertiary/aromatic N) is 2. The Morgan fingerprint density at radius 2 is 2.00 bits per heavy atom. The Morgan fingerprint density at radius 3 is 2.54 bits per heavy atom. The molecule has 1 heterocycles. The summed E-state index contributed by atoms with van der Waals surface area (Å²) in [5, 5.41) is 0.447. The van der Waals surface area contributed by atoms with Gasteiger partial charge in [-0.1, -0.05) is 11.6 Å². The van der Waals surface area contributed by atoms with Gasteiger partial charge < -0.3 is 0 Å². The maximum absolute atomic E-state index is 13.2. The van der Waals surface area contributed by atoms with Crippen molar-refractivity contribution in [1.29, 1.82) is 0 Å². The van der Waals surface area contributed by atoms with Crippen LogP contribution in [0.5, 0.6) is 0 Å². The molecule has 0 aliphatic heterocycles. The van der Waals surface area contributed by atoms with E-state index in [4.69, 9.17) is 11.6 Å². The molecule has 0 N–H and O–H groups in total. The Balaban J connectivity index is 1.95. The van der Waals surface area contributed by atoms with E-state index in [0.717, 1.165) is 5.69 Å². The van der Waals surface area contributed by atoms with Crippen LogP contribution in [0.25, 0.3) is 0 Å². The molecular formula is C9H8ClFN2. The highest BCUT2D eigenvalue weighted by atomic mass is 35.5. The Bertz CT molecular complexity index is 360. The molecule has 2 nitrogen and oxygen atoms in total. The molecular weight excluding hydrogens is 191 g/mol. The molecule has 0 saturated heterocycles. The van der Waals surface area contributed by atoms with Crippen molar-refractivity contribution in [1.82, 2.24) is 9.97 Å². The van der Waals surface area contributed by atoms with Gasteiger partial charge in [0, 0.05) is 5.41 Å². The van der Waals surface area contributed by atoms with Gasteiger partial charge in [0.15, 0.2) is 0 Å². The second-order valence-corrected chi connectivity index (χ2v) is 4.57. The maximum Gasteiger partial charge on any atom is 0.132 e. The molecule has 0 aromatic carbocycles. The standard InChI is InChI=1S/C9H8ClFN2/c10-7-1-6(12-5-13-7)8-2-9(11,3-8)4-8/h1,5H,2-4H2. The van der Waals surface area contributed by atoms with Crippen molar-refractivity contribution in [3.05, 3.63) is 23.2 Å². The predicted octanol–water partition coefficient (Wildman–Crippen LogP) is 2.27. The zero-order chi connectivity index (χ0) is 9.10. The summed E-state index contributed by atoms with van der Waals surface area (Å²) in [6, 6.07) is 1.75. The summed E-state index contributed by atoms with van der Waals surface area (Å²) in [5.41, 5.74) is 0.0330. The highest BCUT2D eigenvalue weighted by molar-refractivity contribution is 6.29. The van der Waals surface area contributed by atoms with Gasteiger partial charge in [0.2, 0.25) is 0 Å². The molecule has 2 bridgehead atoms. The second-order valence-electron chi connectivity index (χ2n) is 4.19. The van der Waals surface area contributed by atoms with Crippen LogP contribution in [0.1, 0.15) is 25.0 Å². The highest BCUT2D eigenvalue weighted by Gasteiger charge is 2.70. The van der Waals surface area contributed by atoms with Crippen molar-refractivity contribution in [2.75, 3.05) is 0 Å². The quantitative estimate of drug-likeness (QED) is 0.647. The van der Waals surface area contributed by atoms with Crippen LogP contribution in [-0.4, -0.2) is 15.6 Å². The van der Waals surface area contributed by atoms with Gasteiger partial charge in [0.05, 0.1) is 5.69 Å². The predicted molar refractivity (Wildman–Crippen MR) is 46.4 cm³/mol. The molecule has 3 saturated carbocycles. The van der Waals surface area contributed by atoms with E-state index in [-0.39, 0.29) is 5.41 Å². The zero-order valence-electron chi connectivity index (χ0n) is 6.93. The average molecular weight is 199 g/mol. The molecule has 13 heavy (non-hydrogen) atoms. The Hall–Kier alpha value is -0.700. The second kappa shape index (κ2) is 2.03. The summed E-state index contributed by atoms with van der Waals surface area (Å²) in [7, 11) is 0. The van der Waals surface area contributed by atoms with Crippen LogP contribution >= 0.6 is 11.6 Å². The fourth-order valence-electron chi connectivity index (χ4n) is 2.56. The van der Waals surface area contributed by atoms with E-state index in [0.29, 0.717) is 24.4 Å². The van der Waals surface area contributed by atoms with Crippen LogP contribution in [0.2, 0.25) is 5.15 Å². The topological polar surface area (TPSA) is 25.8 Å². The number of hydrogen-bond acceptors (Lipinski definition) is 2. The first-order valence-corrected chi connectivity index (χ1v) is 4.67. The van der Waals surface area contributed by atoms with Gasteiger partial charge in [0.1, 0.15) is 17.1 Å². The lowest BCUT2D eigenvalue weighted by molar-refractivity contribution is -0.160. The smallest absolute Gasteiger partial charge is 0.132 e. The van der Waals surface area contributed by atoms with Gasteiger partial charge in [-0.05, 0) is 25.3 Å². The van der Waals surface area contributed by atoms with E-state index in [1.165, 1.54) is 6.33 Å². The molecule has 0 atom stereocenters. The number of aromatic nitrogens is 2. The zero-order valence-corrected chi connectivity index (χ0v) is 7.68. The summed E-state index contributed by atoms with van der Waals surface area (Å²) in [6.45, 7) is 0. The summed E-state index contributed by atoms with van der Waals surface area (Å²) < 4.78 is 13.2. The normalized spacial score (nSPS) is 40.8. The monoisotopic (exact) mass is 198 g/mol. The van der Waals surface area contributed by atoms with Gasteiger partial charge >= 0.3 is 0 Å². The molecule has 3 aliphatic carbocycles. The lowest BCUT2D eigenvalue weighted by atomic mass is 9.41. The van der Waals surface area contributed by atoms with Crippen LogP contribution in [0.3, 0.4) is 0 Å². The minimum Gasteiger partial charge on any atom is -0.244 e. The van der Waals surface area contributed by atoms with Crippen molar-refractivity contribution >= 4 is 11.6 Å². The summed E-state index contributed by atoms with van der Waals surface area (Å²) in [6.07, 6.45) is 3.30. The van der Waals surface area contributed by atoms with Gasteiger partial charge in [-0.25, -0.2) is 14.4 Å². The first-order valence-electron chi connectivity index (χ1n) is 4.29. The van der Waals surface area contributed by atoms with E-state index in [1.807, 2.05) is 0 Å². The summed E-state index contributed by atoms with van der Waals surface area (Å²) in [5.74, 6) is 0. The van der Waals surface area contributed by atoms with Gasteiger partial charge in [0.25, 0.3) is 0 Å². The van der Waals surface area contributed by atoms with Crippen molar-refractivity contribution < 1.29 is 4.39 Å². The van der Waals surface area contributed by atoms with E-state index >= 15 is 0 Å². The Morgan fingerprint density at radius 1 is 1.31 bits per heavy atom. The van der Waals surface area contributed by atoms with Crippen LogP contribution in [0.4, 0.5) is 4.39 Å². The number of hydrogen-bond donors (Lipinski definition) is 0. The molecule has 3 fully saturated rings. The molecule has 3 aliphatic rings. The van der Waals surface area contributed by atoms with E-state index < -0.39 is 5.67 Å². The lowest BCUT2D eigenvalue weighted by Crippen LogP contribution is -2.67. The Labute approximate surface area is 80.2 Å². The highest BCUT2D eigenvalue weighted by Crippen LogP contribution is 2.69. The van der Waals surface area contributed by atoms with Crippen molar-refractivity contribution in [2.24, 2.45) is 0 Å². The third-order valence-electron chi connectivity index (χ3n) is 3.14. The van der Waals surface area contributed by atoms with E-state index in [1.54, 1.807) is 6.07 Å². The van der Waals surface area contributed by atoms with Gasteiger partial charge in [-0.3, -0.25) is 0 Å².